The number of hydrogen-bond donors (Lipinski definition) is 3. The third-order valence-corrected chi connectivity index (χ3v) is 9.38. The molecule has 13 nitrogen and oxygen atoms in total. The van der Waals surface area contributed by atoms with Gasteiger partial charge in [0.25, 0.3) is 5.91 Å². The summed E-state index contributed by atoms with van der Waals surface area (Å²) in [5, 5.41) is 13.2. The van der Waals surface area contributed by atoms with Gasteiger partial charge in [0.1, 0.15) is 18.2 Å². The predicted molar refractivity (Wildman–Crippen MR) is 178 cm³/mol. The van der Waals surface area contributed by atoms with Crippen LogP contribution in [0.2, 0.25) is 0 Å². The first kappa shape index (κ1) is 34.8. The van der Waals surface area contributed by atoms with Crippen molar-refractivity contribution in [1.82, 2.24) is 25.8 Å². The van der Waals surface area contributed by atoms with Crippen LogP contribution in [0.1, 0.15) is 84.6 Å². The number of ether oxygens (including phenoxy) is 1. The standard InChI is InChI=1S/C35H46N6O7/c1-6-11-24(28(42)31(44)36-5)38-30(43)26-19-35(18-25(40-48-35)23-16-9-12-21-13-10-17-37-27(21)23)20-41(26)32(45)29(34(2,3)4)39-33(46)47-22-14-7-8-15-22/h9-10,12-13,16-17,22,24,26,29H,6-8,11,14-15,18-20H2,1-5H3,(H,36,44)(H,38,43)(H,39,46)/t24-,26-,29+,35+/m0/s1. The van der Waals surface area contributed by atoms with Gasteiger partial charge in [0.15, 0.2) is 5.60 Å². The number of hydrogen-bond acceptors (Lipinski definition) is 9. The largest absolute Gasteiger partial charge is 0.446 e. The molecule has 4 atom stereocenters. The Labute approximate surface area is 280 Å². The third kappa shape index (κ3) is 7.44. The van der Waals surface area contributed by atoms with E-state index in [4.69, 9.17) is 9.57 Å². The maximum absolute atomic E-state index is 14.5. The first-order valence-electron chi connectivity index (χ1n) is 16.8. The van der Waals surface area contributed by atoms with Crippen molar-refractivity contribution in [2.24, 2.45) is 10.6 Å². The monoisotopic (exact) mass is 662 g/mol. The molecule has 0 unspecified atom stereocenters. The van der Waals surface area contributed by atoms with Crippen LogP contribution in [0.3, 0.4) is 0 Å². The van der Waals surface area contributed by atoms with Crippen molar-refractivity contribution in [3.8, 4) is 0 Å². The van der Waals surface area contributed by atoms with E-state index in [0.29, 0.717) is 18.6 Å². The maximum Gasteiger partial charge on any atom is 0.408 e. The van der Waals surface area contributed by atoms with Gasteiger partial charge in [-0.3, -0.25) is 24.2 Å². The van der Waals surface area contributed by atoms with Gasteiger partial charge in [-0.05, 0) is 43.6 Å². The molecule has 1 saturated carbocycles. The van der Waals surface area contributed by atoms with Crippen molar-refractivity contribution in [2.75, 3.05) is 13.6 Å². The Kier molecular flexibility index (Phi) is 10.4. The van der Waals surface area contributed by atoms with E-state index in [1.807, 2.05) is 58.0 Å². The fourth-order valence-corrected chi connectivity index (χ4v) is 6.84. The van der Waals surface area contributed by atoms with Crippen LogP contribution < -0.4 is 16.0 Å². The summed E-state index contributed by atoms with van der Waals surface area (Å²) in [5.74, 6) is -2.67. The number of nitrogens with zero attached hydrogens (tertiary/aromatic N) is 3. The summed E-state index contributed by atoms with van der Waals surface area (Å²) in [6.45, 7) is 7.32. The predicted octanol–water partition coefficient (Wildman–Crippen LogP) is 3.38. The van der Waals surface area contributed by atoms with Crippen molar-refractivity contribution in [3.63, 3.8) is 0 Å². The van der Waals surface area contributed by atoms with Gasteiger partial charge in [0.05, 0.1) is 23.8 Å². The molecule has 2 aliphatic heterocycles. The number of para-hydroxylation sites is 1. The van der Waals surface area contributed by atoms with Crippen molar-refractivity contribution in [3.05, 3.63) is 42.1 Å². The van der Waals surface area contributed by atoms with E-state index in [1.54, 1.807) is 6.20 Å². The molecule has 258 valence electrons. The van der Waals surface area contributed by atoms with Crippen LogP contribution in [0.15, 0.2) is 41.7 Å². The fraction of sp³-hybridized carbons (Fsp3) is 0.571. The molecule has 3 aliphatic rings. The zero-order valence-electron chi connectivity index (χ0n) is 28.3. The highest BCUT2D eigenvalue weighted by Crippen LogP contribution is 2.40. The number of likely N-dealkylation sites (tertiary alicyclic amines) is 1. The SMILES string of the molecule is CCC[C@H](NC(=O)[C@@H]1C[C@]2(CC(c3cccc4cccnc34)=NO2)CN1C(=O)[C@@H](NC(=O)OC1CCCC1)C(C)(C)C)C(=O)C(=O)NC. The average Bonchev–Trinajstić information content (AvgIpc) is 3.82. The van der Waals surface area contributed by atoms with E-state index in [-0.39, 0.29) is 25.5 Å². The lowest BCUT2D eigenvalue weighted by Gasteiger charge is -2.35. The van der Waals surface area contributed by atoms with Crippen LogP contribution in [0, 0.1) is 5.41 Å². The number of aromatic nitrogens is 1. The molecular formula is C35H46N6O7. The first-order chi connectivity index (χ1) is 22.9. The lowest BCUT2D eigenvalue weighted by molar-refractivity contribution is -0.144. The number of likely N-dealkylation sites (N-methyl/N-ethyl adjacent to an activating group) is 1. The van der Waals surface area contributed by atoms with Crippen LogP contribution in [-0.4, -0.2) is 88.6 Å². The van der Waals surface area contributed by atoms with Crippen LogP contribution >= 0.6 is 0 Å². The molecule has 1 spiro atoms. The Morgan fingerprint density at radius 1 is 1.08 bits per heavy atom. The van der Waals surface area contributed by atoms with E-state index in [1.165, 1.54) is 11.9 Å². The smallest absolute Gasteiger partial charge is 0.408 e. The summed E-state index contributed by atoms with van der Waals surface area (Å²) >= 11 is 0. The molecule has 0 radical (unpaired) electrons. The van der Waals surface area contributed by atoms with E-state index < -0.39 is 58.7 Å². The van der Waals surface area contributed by atoms with E-state index in [9.17, 15) is 24.0 Å². The van der Waals surface area contributed by atoms with E-state index >= 15 is 0 Å². The number of alkyl carbamates (subject to hydrolysis) is 1. The van der Waals surface area contributed by atoms with Crippen LogP contribution in [0.4, 0.5) is 4.79 Å². The minimum atomic E-state index is -1.08. The summed E-state index contributed by atoms with van der Waals surface area (Å²) in [6.07, 6.45) is 5.47. The molecule has 48 heavy (non-hydrogen) atoms. The Hall–Kier alpha value is -4.55. The van der Waals surface area contributed by atoms with Gasteiger partial charge in [-0.2, -0.15) is 0 Å². The summed E-state index contributed by atoms with van der Waals surface area (Å²) < 4.78 is 5.63. The Morgan fingerprint density at radius 3 is 2.50 bits per heavy atom. The van der Waals surface area contributed by atoms with Crippen molar-refractivity contribution in [2.45, 2.75) is 109 Å². The quantitative estimate of drug-likeness (QED) is 0.326. The summed E-state index contributed by atoms with van der Waals surface area (Å²) in [4.78, 5) is 78.7. The van der Waals surface area contributed by atoms with Crippen LogP contribution in [0.5, 0.6) is 0 Å². The lowest BCUT2D eigenvalue weighted by atomic mass is 9.85. The number of oxime groups is 1. The maximum atomic E-state index is 14.5. The number of ketones is 1. The summed E-state index contributed by atoms with van der Waals surface area (Å²) in [5.41, 5.74) is 0.375. The molecule has 1 aromatic carbocycles. The molecule has 3 N–H and O–H groups in total. The molecule has 4 amide bonds. The highest BCUT2D eigenvalue weighted by atomic mass is 16.7. The third-order valence-electron chi connectivity index (χ3n) is 9.38. The molecule has 1 saturated heterocycles. The Balaban J connectivity index is 1.43. The number of amides is 4. The minimum absolute atomic E-state index is 0.00286. The number of benzene rings is 1. The zero-order chi connectivity index (χ0) is 34.6. The molecule has 1 aromatic heterocycles. The topological polar surface area (TPSA) is 168 Å². The van der Waals surface area contributed by atoms with Gasteiger partial charge in [-0.25, -0.2) is 4.79 Å². The van der Waals surface area contributed by atoms with E-state index in [2.05, 4.69) is 26.1 Å². The number of carbonyl (C=O) groups excluding carboxylic acids is 5. The Bertz CT molecular complexity index is 1590. The molecule has 5 rings (SSSR count). The molecule has 2 aromatic rings. The normalized spacial score (nSPS) is 22.1. The number of pyridine rings is 1. The first-order valence-corrected chi connectivity index (χ1v) is 16.8. The summed E-state index contributed by atoms with van der Waals surface area (Å²) in [7, 11) is 1.35. The highest BCUT2D eigenvalue weighted by Gasteiger charge is 2.56. The molecule has 1 aliphatic carbocycles. The summed E-state index contributed by atoms with van der Waals surface area (Å²) in [6, 6.07) is 6.40. The molecular weight excluding hydrogens is 616 g/mol. The number of carbonyl (C=O) groups is 5. The zero-order valence-corrected chi connectivity index (χ0v) is 28.3. The van der Waals surface area contributed by atoms with Crippen molar-refractivity contribution < 1.29 is 33.5 Å². The second-order valence-corrected chi connectivity index (χ2v) is 14.1. The average molecular weight is 663 g/mol. The lowest BCUT2D eigenvalue weighted by Crippen LogP contribution is -2.59. The van der Waals surface area contributed by atoms with Gasteiger partial charge < -0.3 is 30.4 Å². The second-order valence-electron chi connectivity index (χ2n) is 14.1. The molecule has 2 fully saturated rings. The number of nitrogens with one attached hydrogen (secondary N) is 3. The van der Waals surface area contributed by atoms with Gasteiger partial charge >= 0.3 is 6.09 Å². The van der Waals surface area contributed by atoms with Gasteiger partial charge in [-0.1, -0.05) is 63.5 Å². The molecule has 13 heteroatoms. The van der Waals surface area contributed by atoms with Gasteiger partial charge in [0, 0.05) is 37.0 Å². The van der Waals surface area contributed by atoms with Crippen LogP contribution in [0.25, 0.3) is 10.9 Å². The molecule has 3 heterocycles. The second kappa shape index (κ2) is 14.3. The molecule has 0 bridgehead atoms. The van der Waals surface area contributed by atoms with E-state index in [0.717, 1.165) is 42.1 Å². The van der Waals surface area contributed by atoms with Crippen LogP contribution in [-0.2, 0) is 28.8 Å². The highest BCUT2D eigenvalue weighted by molar-refractivity contribution is 6.38. The van der Waals surface area contributed by atoms with Gasteiger partial charge in [-0.15, -0.1) is 0 Å². The Morgan fingerprint density at radius 2 is 1.81 bits per heavy atom. The number of Topliss-reactive ketones (excluding diaryl/α,β-unsaturated/α-hetero) is 1. The number of fused-ring (bicyclic) bond motifs is 1. The van der Waals surface area contributed by atoms with Crippen molar-refractivity contribution in [1.29, 1.82) is 0 Å². The fourth-order valence-electron chi connectivity index (χ4n) is 6.84. The van der Waals surface area contributed by atoms with Gasteiger partial charge in [0.2, 0.25) is 17.6 Å². The minimum Gasteiger partial charge on any atom is -0.446 e. The number of rotatable bonds is 10. The van der Waals surface area contributed by atoms with Crippen molar-refractivity contribution >= 4 is 46.2 Å².